The van der Waals surface area contributed by atoms with E-state index in [1.807, 2.05) is 60.7 Å². The first-order chi connectivity index (χ1) is 17.9. The maximum Gasteiger partial charge on any atom is 0.340 e. The van der Waals surface area contributed by atoms with E-state index in [-0.39, 0.29) is 23.4 Å². The van der Waals surface area contributed by atoms with Gasteiger partial charge in [0.2, 0.25) is 0 Å². The molecular weight excluding hydrogens is 478 g/mol. The van der Waals surface area contributed by atoms with Gasteiger partial charge in [0.1, 0.15) is 5.92 Å². The SMILES string of the molecule is COC(=O)C1=C(C(=O)OC)[C@@H](C(=O)OC)CN2C(=C1C(=O)OC)C(c1ccccc1)=Cc1ccccc12. The standard InChI is InChI=1S/C28H25NO8/c1-34-25(30)19-15-29-20-13-9-8-12-17(20)14-18(16-10-6-5-7-11-16)24(29)23(28(33)37-4)22(27(32)36-3)21(19)26(31)35-2/h5-14,19H,15H2,1-4H3/t19-/m0/s1. The zero-order chi connectivity index (χ0) is 26.7. The minimum Gasteiger partial charge on any atom is -0.468 e. The smallest absolute Gasteiger partial charge is 0.340 e. The molecule has 2 aromatic rings. The molecule has 0 aliphatic carbocycles. The van der Waals surface area contributed by atoms with Crippen LogP contribution >= 0.6 is 0 Å². The molecule has 2 aromatic carbocycles. The highest BCUT2D eigenvalue weighted by molar-refractivity contribution is 6.18. The molecular formula is C28H25NO8. The van der Waals surface area contributed by atoms with Gasteiger partial charge >= 0.3 is 23.9 Å². The maximum absolute atomic E-state index is 13.5. The van der Waals surface area contributed by atoms with Gasteiger partial charge in [-0.3, -0.25) is 4.79 Å². The molecule has 0 bridgehead atoms. The van der Waals surface area contributed by atoms with Gasteiger partial charge in [-0.2, -0.15) is 0 Å². The number of carbonyl (C=O) groups is 4. The molecule has 0 aromatic heterocycles. The number of carbonyl (C=O) groups excluding carboxylic acids is 4. The minimum atomic E-state index is -1.30. The van der Waals surface area contributed by atoms with Crippen LogP contribution in [0, 0.1) is 5.92 Å². The van der Waals surface area contributed by atoms with Gasteiger partial charge in [0.05, 0.1) is 50.9 Å². The van der Waals surface area contributed by atoms with Gasteiger partial charge < -0.3 is 23.8 Å². The van der Waals surface area contributed by atoms with Crippen LogP contribution in [-0.4, -0.2) is 58.9 Å². The zero-order valence-corrected chi connectivity index (χ0v) is 20.8. The Labute approximate surface area is 213 Å². The van der Waals surface area contributed by atoms with Gasteiger partial charge in [-0.25, -0.2) is 14.4 Å². The summed E-state index contributed by atoms with van der Waals surface area (Å²) in [6.07, 6.45) is 1.88. The number of fused-ring (bicyclic) bond motifs is 3. The lowest BCUT2D eigenvalue weighted by atomic mass is 9.88. The number of hydrogen-bond donors (Lipinski definition) is 0. The summed E-state index contributed by atoms with van der Waals surface area (Å²) in [5.41, 5.74) is 2.05. The van der Waals surface area contributed by atoms with Crippen LogP contribution in [0.5, 0.6) is 0 Å². The van der Waals surface area contributed by atoms with Crippen molar-refractivity contribution >= 4 is 41.2 Å². The fourth-order valence-electron chi connectivity index (χ4n) is 4.65. The monoisotopic (exact) mass is 503 g/mol. The number of allylic oxidation sites excluding steroid dienone is 1. The average Bonchev–Trinajstić information content (AvgIpc) is 3.11. The number of methoxy groups -OCH3 is 4. The molecule has 0 amide bonds. The predicted octanol–water partition coefficient (Wildman–Crippen LogP) is 2.92. The quantitative estimate of drug-likeness (QED) is 0.449. The molecule has 9 heteroatoms. The fraction of sp³-hybridized carbons (Fsp3) is 0.214. The van der Waals surface area contributed by atoms with E-state index in [0.29, 0.717) is 11.3 Å². The largest absolute Gasteiger partial charge is 0.468 e. The van der Waals surface area contributed by atoms with Crippen LogP contribution in [0.15, 0.2) is 77.0 Å². The Morgan fingerprint density at radius 2 is 1.32 bits per heavy atom. The number of benzene rings is 2. The molecule has 0 saturated carbocycles. The van der Waals surface area contributed by atoms with Crippen LogP contribution in [-0.2, 0) is 38.1 Å². The van der Waals surface area contributed by atoms with Crippen molar-refractivity contribution < 1.29 is 38.1 Å². The van der Waals surface area contributed by atoms with Crippen molar-refractivity contribution in [3.63, 3.8) is 0 Å². The van der Waals surface area contributed by atoms with Crippen molar-refractivity contribution in [1.82, 2.24) is 0 Å². The Morgan fingerprint density at radius 3 is 1.95 bits per heavy atom. The van der Waals surface area contributed by atoms with Crippen LogP contribution in [0.25, 0.3) is 11.6 Å². The Kier molecular flexibility index (Phi) is 7.24. The molecule has 37 heavy (non-hydrogen) atoms. The molecule has 190 valence electrons. The molecule has 2 aliphatic heterocycles. The Balaban J connectivity index is 2.21. The topological polar surface area (TPSA) is 108 Å². The van der Waals surface area contributed by atoms with E-state index in [1.165, 1.54) is 7.11 Å². The van der Waals surface area contributed by atoms with E-state index in [2.05, 4.69) is 0 Å². The number of para-hydroxylation sites is 1. The van der Waals surface area contributed by atoms with Crippen molar-refractivity contribution in [1.29, 1.82) is 0 Å². The molecule has 2 aliphatic rings. The van der Waals surface area contributed by atoms with E-state index < -0.39 is 35.4 Å². The molecule has 0 saturated heterocycles. The van der Waals surface area contributed by atoms with Crippen molar-refractivity contribution in [2.24, 2.45) is 5.92 Å². The molecule has 9 nitrogen and oxygen atoms in total. The average molecular weight is 504 g/mol. The Morgan fingerprint density at radius 1 is 0.730 bits per heavy atom. The number of anilines is 1. The van der Waals surface area contributed by atoms with E-state index in [0.717, 1.165) is 32.5 Å². The first-order valence-corrected chi connectivity index (χ1v) is 11.3. The second-order valence-electron chi connectivity index (χ2n) is 8.16. The van der Waals surface area contributed by atoms with Gasteiger partial charge in [0.15, 0.2) is 0 Å². The van der Waals surface area contributed by atoms with Crippen LogP contribution < -0.4 is 4.90 Å². The molecule has 0 radical (unpaired) electrons. The predicted molar refractivity (Wildman–Crippen MR) is 134 cm³/mol. The summed E-state index contributed by atoms with van der Waals surface area (Å²) in [5, 5.41) is 0. The first kappa shape index (κ1) is 25.4. The lowest BCUT2D eigenvalue weighted by Gasteiger charge is -2.35. The highest BCUT2D eigenvalue weighted by atomic mass is 16.5. The molecule has 2 heterocycles. The van der Waals surface area contributed by atoms with E-state index in [9.17, 15) is 19.2 Å². The number of nitrogens with zero attached hydrogens (tertiary/aromatic N) is 1. The second kappa shape index (κ2) is 10.5. The van der Waals surface area contributed by atoms with E-state index >= 15 is 0 Å². The molecule has 0 fully saturated rings. The number of rotatable bonds is 5. The third kappa shape index (κ3) is 4.40. The van der Waals surface area contributed by atoms with Gasteiger partial charge in [-0.1, -0.05) is 48.5 Å². The van der Waals surface area contributed by atoms with Gasteiger partial charge in [-0.15, -0.1) is 0 Å². The molecule has 1 atom stereocenters. The summed E-state index contributed by atoms with van der Waals surface area (Å²) >= 11 is 0. The number of ether oxygens (including phenoxy) is 4. The molecule has 0 unspecified atom stereocenters. The van der Waals surface area contributed by atoms with Crippen LogP contribution in [0.4, 0.5) is 5.69 Å². The van der Waals surface area contributed by atoms with Crippen molar-refractivity contribution in [2.45, 2.75) is 0 Å². The molecule has 0 N–H and O–H groups in total. The van der Waals surface area contributed by atoms with Gasteiger partial charge in [-0.05, 0) is 23.3 Å². The van der Waals surface area contributed by atoms with Crippen LogP contribution in [0.1, 0.15) is 11.1 Å². The van der Waals surface area contributed by atoms with Gasteiger partial charge in [0, 0.05) is 17.8 Å². The number of hydrogen-bond acceptors (Lipinski definition) is 9. The summed E-state index contributed by atoms with van der Waals surface area (Å²) in [4.78, 5) is 54.7. The summed E-state index contributed by atoms with van der Waals surface area (Å²) in [6.45, 7) is -0.130. The van der Waals surface area contributed by atoms with Crippen molar-refractivity contribution in [3.05, 3.63) is 88.1 Å². The molecule has 0 spiro atoms. The summed E-state index contributed by atoms with van der Waals surface area (Å²) in [5.74, 6) is -4.97. The van der Waals surface area contributed by atoms with Crippen molar-refractivity contribution in [3.8, 4) is 0 Å². The highest BCUT2D eigenvalue weighted by Crippen LogP contribution is 2.46. The van der Waals surface area contributed by atoms with Crippen LogP contribution in [0.2, 0.25) is 0 Å². The lowest BCUT2D eigenvalue weighted by molar-refractivity contribution is -0.147. The van der Waals surface area contributed by atoms with E-state index in [4.69, 9.17) is 18.9 Å². The minimum absolute atomic E-state index is 0.130. The first-order valence-electron chi connectivity index (χ1n) is 11.3. The highest BCUT2D eigenvalue weighted by Gasteiger charge is 2.46. The zero-order valence-electron chi connectivity index (χ0n) is 20.8. The maximum atomic E-state index is 13.5. The van der Waals surface area contributed by atoms with E-state index in [1.54, 1.807) is 4.90 Å². The second-order valence-corrected chi connectivity index (χ2v) is 8.16. The van der Waals surface area contributed by atoms with Crippen LogP contribution in [0.3, 0.4) is 0 Å². The lowest BCUT2D eigenvalue weighted by Crippen LogP contribution is -2.37. The van der Waals surface area contributed by atoms with Crippen molar-refractivity contribution in [2.75, 3.05) is 39.9 Å². The summed E-state index contributed by atoms with van der Waals surface area (Å²) in [7, 11) is 4.57. The fourth-order valence-corrected chi connectivity index (χ4v) is 4.65. The third-order valence-electron chi connectivity index (χ3n) is 6.28. The summed E-state index contributed by atoms with van der Waals surface area (Å²) < 4.78 is 20.1. The third-order valence-corrected chi connectivity index (χ3v) is 6.28. The Bertz CT molecular complexity index is 1370. The van der Waals surface area contributed by atoms with Gasteiger partial charge in [0.25, 0.3) is 0 Å². The normalized spacial score (nSPS) is 16.6. The Hall–Kier alpha value is -4.66. The molecule has 4 rings (SSSR count). The number of esters is 4. The summed E-state index contributed by atoms with van der Waals surface area (Å²) in [6, 6.07) is 16.6.